The highest BCUT2D eigenvalue weighted by Crippen LogP contribution is 2.18. The van der Waals surface area contributed by atoms with Gasteiger partial charge in [0.2, 0.25) is 0 Å². The smallest absolute Gasteiger partial charge is 0.252 e. The molecule has 1 aromatic rings. The molecule has 112 valence electrons. The van der Waals surface area contributed by atoms with Crippen molar-refractivity contribution in [1.29, 1.82) is 0 Å². The number of rotatable bonds is 7. The number of carbonyl (C=O) groups is 1. The predicted octanol–water partition coefficient (Wildman–Crippen LogP) is 2.79. The highest BCUT2D eigenvalue weighted by atomic mass is 32.2. The maximum Gasteiger partial charge on any atom is 0.252 e. The molecule has 1 N–H and O–H groups in total. The van der Waals surface area contributed by atoms with Crippen LogP contribution in [0.15, 0.2) is 29.2 Å². The van der Waals surface area contributed by atoms with Crippen molar-refractivity contribution in [2.45, 2.75) is 51.0 Å². The van der Waals surface area contributed by atoms with Gasteiger partial charge in [0.05, 0.1) is 16.2 Å². The lowest BCUT2D eigenvalue weighted by molar-refractivity contribution is 0.0931. The van der Waals surface area contributed by atoms with Gasteiger partial charge >= 0.3 is 0 Å². The molecule has 0 atom stereocenters. The summed E-state index contributed by atoms with van der Waals surface area (Å²) in [7, 11) is -3.40. The lowest BCUT2D eigenvalue weighted by Crippen LogP contribution is -2.34. The van der Waals surface area contributed by atoms with Gasteiger partial charge < -0.3 is 5.32 Å². The largest absolute Gasteiger partial charge is 0.349 e. The van der Waals surface area contributed by atoms with E-state index in [0.29, 0.717) is 6.42 Å². The fourth-order valence-electron chi connectivity index (χ4n) is 2.06. The zero-order valence-electron chi connectivity index (χ0n) is 12.3. The molecule has 0 aliphatic rings. The molecule has 4 nitrogen and oxygen atoms in total. The lowest BCUT2D eigenvalue weighted by Gasteiger charge is -2.16. The van der Waals surface area contributed by atoms with Crippen molar-refractivity contribution >= 4 is 15.7 Å². The minimum absolute atomic E-state index is 0.0578. The molecule has 0 saturated carbocycles. The first-order chi connectivity index (χ1) is 9.46. The van der Waals surface area contributed by atoms with Crippen LogP contribution >= 0.6 is 0 Å². The van der Waals surface area contributed by atoms with Crippen LogP contribution in [0.2, 0.25) is 0 Å². The van der Waals surface area contributed by atoms with Crippen LogP contribution in [0.5, 0.6) is 0 Å². The number of benzene rings is 1. The Morgan fingerprint density at radius 2 is 1.75 bits per heavy atom. The van der Waals surface area contributed by atoms with Gasteiger partial charge in [-0.15, -0.1) is 0 Å². The minimum atomic E-state index is -3.40. The number of hydrogen-bond acceptors (Lipinski definition) is 3. The van der Waals surface area contributed by atoms with E-state index in [4.69, 9.17) is 0 Å². The van der Waals surface area contributed by atoms with Crippen LogP contribution in [0.3, 0.4) is 0 Å². The van der Waals surface area contributed by atoms with Gasteiger partial charge in [-0.1, -0.05) is 32.9 Å². The first-order valence-electron chi connectivity index (χ1n) is 7.08. The average molecular weight is 297 g/mol. The van der Waals surface area contributed by atoms with E-state index in [1.165, 1.54) is 6.07 Å². The maximum absolute atomic E-state index is 12.3. The van der Waals surface area contributed by atoms with Gasteiger partial charge in [0.1, 0.15) is 0 Å². The summed E-state index contributed by atoms with van der Waals surface area (Å²) in [6, 6.07) is 6.49. The van der Waals surface area contributed by atoms with Crippen LogP contribution in [-0.2, 0) is 9.84 Å². The van der Waals surface area contributed by atoms with Gasteiger partial charge in [0, 0.05) is 6.04 Å². The Balaban J connectivity index is 3.11. The molecule has 0 saturated heterocycles. The Hall–Kier alpha value is -1.36. The Bertz CT molecular complexity index is 548. The van der Waals surface area contributed by atoms with Gasteiger partial charge in [-0.3, -0.25) is 4.79 Å². The molecule has 0 unspecified atom stereocenters. The Kier molecular flexibility index (Phi) is 6.20. The molecule has 0 aliphatic carbocycles. The summed E-state index contributed by atoms with van der Waals surface area (Å²) in [5.41, 5.74) is 0.243. The summed E-state index contributed by atoms with van der Waals surface area (Å²) in [5, 5.41) is 2.88. The van der Waals surface area contributed by atoms with Crippen molar-refractivity contribution in [1.82, 2.24) is 5.32 Å². The van der Waals surface area contributed by atoms with Crippen LogP contribution in [-0.4, -0.2) is 26.1 Å². The second-order valence-electron chi connectivity index (χ2n) is 4.80. The molecule has 1 aromatic carbocycles. The van der Waals surface area contributed by atoms with Crippen molar-refractivity contribution < 1.29 is 13.2 Å². The molecule has 0 bridgehead atoms. The molecule has 0 aliphatic heterocycles. The van der Waals surface area contributed by atoms with E-state index in [1.807, 2.05) is 20.8 Å². The highest BCUT2D eigenvalue weighted by Gasteiger charge is 2.22. The minimum Gasteiger partial charge on any atom is -0.349 e. The molecule has 0 aromatic heterocycles. The molecular formula is C15H23NO3S. The maximum atomic E-state index is 12.3. The van der Waals surface area contributed by atoms with Gasteiger partial charge in [-0.05, 0) is 31.4 Å². The number of nitrogens with one attached hydrogen (secondary N) is 1. The summed E-state index contributed by atoms with van der Waals surface area (Å²) in [6.07, 6.45) is 2.18. The second-order valence-corrected chi connectivity index (χ2v) is 6.88. The Morgan fingerprint density at radius 3 is 2.30 bits per heavy atom. The zero-order chi connectivity index (χ0) is 15.2. The van der Waals surface area contributed by atoms with Gasteiger partial charge in [-0.25, -0.2) is 8.42 Å². The normalized spacial score (nSPS) is 11.6. The third kappa shape index (κ3) is 4.07. The Labute approximate surface area is 121 Å². The molecule has 5 heteroatoms. The zero-order valence-corrected chi connectivity index (χ0v) is 13.2. The number of carbonyl (C=O) groups excluding carboxylic acids is 1. The van der Waals surface area contributed by atoms with Gasteiger partial charge in [0.25, 0.3) is 5.91 Å². The first kappa shape index (κ1) is 16.7. The summed E-state index contributed by atoms with van der Waals surface area (Å²) in [4.78, 5) is 12.4. The van der Waals surface area contributed by atoms with Crippen LogP contribution in [0.4, 0.5) is 0 Å². The third-order valence-electron chi connectivity index (χ3n) is 3.26. The van der Waals surface area contributed by atoms with Crippen LogP contribution in [0.25, 0.3) is 0 Å². The van der Waals surface area contributed by atoms with E-state index >= 15 is 0 Å². The molecule has 1 amide bonds. The van der Waals surface area contributed by atoms with Crippen molar-refractivity contribution in [3.8, 4) is 0 Å². The Morgan fingerprint density at radius 1 is 1.15 bits per heavy atom. The topological polar surface area (TPSA) is 63.2 Å². The molecule has 0 heterocycles. The van der Waals surface area contributed by atoms with E-state index in [0.717, 1.165) is 12.8 Å². The van der Waals surface area contributed by atoms with E-state index < -0.39 is 9.84 Å². The summed E-state index contributed by atoms with van der Waals surface area (Å²) < 4.78 is 24.4. The number of sulfone groups is 1. The standard InChI is InChI=1S/C15H23NO3S/c1-4-11-20(18,19)14-10-8-7-9-13(14)15(17)16-12(5-2)6-3/h7-10,12H,4-6,11H2,1-3H3,(H,16,17). The van der Waals surface area contributed by atoms with Crippen LogP contribution in [0, 0.1) is 0 Å². The SMILES string of the molecule is CCCS(=O)(=O)c1ccccc1C(=O)NC(CC)CC. The number of amides is 1. The van der Waals surface area contributed by atoms with Crippen LogP contribution < -0.4 is 5.32 Å². The quantitative estimate of drug-likeness (QED) is 0.841. The van der Waals surface area contributed by atoms with Crippen molar-refractivity contribution in [2.24, 2.45) is 0 Å². The van der Waals surface area contributed by atoms with E-state index in [1.54, 1.807) is 18.2 Å². The van der Waals surface area contributed by atoms with Gasteiger partial charge in [0.15, 0.2) is 9.84 Å². The summed E-state index contributed by atoms with van der Waals surface area (Å²) >= 11 is 0. The fourth-order valence-corrected chi connectivity index (χ4v) is 3.60. The third-order valence-corrected chi connectivity index (χ3v) is 5.23. The molecular weight excluding hydrogens is 274 g/mol. The number of hydrogen-bond donors (Lipinski definition) is 1. The molecule has 1 rings (SSSR count). The van der Waals surface area contributed by atoms with Crippen LogP contribution in [0.1, 0.15) is 50.4 Å². The van der Waals surface area contributed by atoms with Crippen molar-refractivity contribution in [3.05, 3.63) is 29.8 Å². The molecule has 0 radical (unpaired) electrons. The molecule has 0 spiro atoms. The van der Waals surface area contributed by atoms with Crippen molar-refractivity contribution in [3.63, 3.8) is 0 Å². The first-order valence-corrected chi connectivity index (χ1v) is 8.74. The average Bonchev–Trinajstić information content (AvgIpc) is 2.44. The predicted molar refractivity (Wildman–Crippen MR) is 80.6 cm³/mol. The summed E-state index contributed by atoms with van der Waals surface area (Å²) in [6.45, 7) is 5.80. The lowest BCUT2D eigenvalue weighted by atomic mass is 10.1. The van der Waals surface area contributed by atoms with Crippen molar-refractivity contribution in [2.75, 3.05) is 5.75 Å². The van der Waals surface area contributed by atoms with E-state index in [2.05, 4.69) is 5.32 Å². The molecule has 0 fully saturated rings. The van der Waals surface area contributed by atoms with E-state index in [9.17, 15) is 13.2 Å². The monoisotopic (exact) mass is 297 g/mol. The fraction of sp³-hybridized carbons (Fsp3) is 0.533. The summed E-state index contributed by atoms with van der Waals surface area (Å²) in [5.74, 6) is -0.253. The highest BCUT2D eigenvalue weighted by molar-refractivity contribution is 7.91. The van der Waals surface area contributed by atoms with Gasteiger partial charge in [-0.2, -0.15) is 0 Å². The van der Waals surface area contributed by atoms with E-state index in [-0.39, 0.29) is 28.2 Å². The molecule has 20 heavy (non-hydrogen) atoms. The second kappa shape index (κ2) is 7.43.